The largest absolute Gasteiger partial charge is 0.444 e. The Bertz CT molecular complexity index is 446. The number of ether oxygens (including phenoxy) is 1. The van der Waals surface area contributed by atoms with Gasteiger partial charge in [0.1, 0.15) is 11.4 Å². The Morgan fingerprint density at radius 3 is 2.75 bits per heavy atom. The maximum Gasteiger partial charge on any atom is 0.407 e. The van der Waals surface area contributed by atoms with Crippen molar-refractivity contribution in [3.05, 3.63) is 24.3 Å². The summed E-state index contributed by atoms with van der Waals surface area (Å²) in [6, 6.07) is 1.33. The van der Waals surface area contributed by atoms with E-state index >= 15 is 0 Å². The molecule has 0 saturated carbocycles. The Morgan fingerprint density at radius 2 is 2.15 bits per heavy atom. The molecule has 112 valence electrons. The van der Waals surface area contributed by atoms with Crippen LogP contribution in [-0.2, 0) is 4.74 Å². The van der Waals surface area contributed by atoms with Crippen LogP contribution in [0.2, 0.25) is 0 Å². The van der Waals surface area contributed by atoms with E-state index in [2.05, 4.69) is 15.6 Å². The summed E-state index contributed by atoms with van der Waals surface area (Å²) in [5.74, 6) is -0.380. The number of hydrogen-bond acceptors (Lipinski definition) is 4. The molecular weight excluding hydrogens is 261 g/mol. The molecule has 1 rings (SSSR count). The molecule has 1 heterocycles. The van der Waals surface area contributed by atoms with E-state index in [0.29, 0.717) is 18.7 Å². The maximum absolute atomic E-state index is 12.9. The summed E-state index contributed by atoms with van der Waals surface area (Å²) >= 11 is 0. The predicted molar refractivity (Wildman–Crippen MR) is 76.1 cm³/mol. The van der Waals surface area contributed by atoms with Crippen LogP contribution in [0, 0.1) is 5.82 Å². The molecule has 1 amide bonds. The smallest absolute Gasteiger partial charge is 0.407 e. The van der Waals surface area contributed by atoms with Crippen molar-refractivity contribution < 1.29 is 13.9 Å². The second kappa shape index (κ2) is 7.07. The molecule has 0 aromatic carbocycles. The number of hydrogen-bond donors (Lipinski definition) is 2. The van der Waals surface area contributed by atoms with Gasteiger partial charge in [-0.25, -0.2) is 9.18 Å². The van der Waals surface area contributed by atoms with E-state index in [9.17, 15) is 9.18 Å². The highest BCUT2D eigenvalue weighted by Gasteiger charge is 2.17. The molecule has 0 fully saturated rings. The first-order valence-corrected chi connectivity index (χ1v) is 6.60. The zero-order chi connectivity index (χ0) is 15.2. The van der Waals surface area contributed by atoms with E-state index in [0.717, 1.165) is 6.20 Å². The first kappa shape index (κ1) is 16.2. The molecule has 0 aliphatic carbocycles. The number of pyridine rings is 1. The molecular formula is C14H22FN3O2. The van der Waals surface area contributed by atoms with E-state index in [4.69, 9.17) is 4.74 Å². The minimum atomic E-state index is -0.505. The highest BCUT2D eigenvalue weighted by Crippen LogP contribution is 2.08. The summed E-state index contributed by atoms with van der Waals surface area (Å²) in [6.07, 6.45) is 2.96. The number of rotatable bonds is 5. The zero-order valence-corrected chi connectivity index (χ0v) is 12.4. The highest BCUT2D eigenvalue weighted by molar-refractivity contribution is 5.68. The van der Waals surface area contributed by atoms with Crippen molar-refractivity contribution >= 4 is 11.8 Å². The van der Waals surface area contributed by atoms with Gasteiger partial charge in [-0.3, -0.25) is 4.98 Å². The lowest BCUT2D eigenvalue weighted by Crippen LogP contribution is -2.38. The first-order chi connectivity index (χ1) is 9.26. The number of nitrogens with one attached hydrogen (secondary N) is 2. The fraction of sp³-hybridized carbons (Fsp3) is 0.571. The molecule has 5 nitrogen and oxygen atoms in total. The van der Waals surface area contributed by atoms with Crippen LogP contribution in [0.5, 0.6) is 0 Å². The van der Waals surface area contributed by atoms with Gasteiger partial charge in [-0.15, -0.1) is 0 Å². The molecule has 0 unspecified atom stereocenters. The standard InChI is InChI=1S/C14H22FN3O2/c1-10(18-13(19)20-14(2,3)4)5-6-17-12-7-11(15)8-16-9-12/h7-10,17H,5-6H2,1-4H3,(H,18,19)/t10-/m0/s1. The summed E-state index contributed by atoms with van der Waals surface area (Å²) < 4.78 is 18.1. The van der Waals surface area contributed by atoms with Crippen molar-refractivity contribution in [2.45, 2.75) is 45.8 Å². The quantitative estimate of drug-likeness (QED) is 0.872. The van der Waals surface area contributed by atoms with E-state index in [1.807, 2.05) is 27.7 Å². The molecule has 6 heteroatoms. The van der Waals surface area contributed by atoms with E-state index in [-0.39, 0.29) is 11.9 Å². The average molecular weight is 283 g/mol. The summed E-state index contributed by atoms with van der Waals surface area (Å²) in [6.45, 7) is 7.93. The molecule has 0 aliphatic rings. The minimum Gasteiger partial charge on any atom is -0.444 e. The number of anilines is 1. The van der Waals surface area contributed by atoms with Crippen LogP contribution >= 0.6 is 0 Å². The lowest BCUT2D eigenvalue weighted by molar-refractivity contribution is 0.0507. The van der Waals surface area contributed by atoms with Crippen LogP contribution in [0.25, 0.3) is 0 Å². The van der Waals surface area contributed by atoms with Gasteiger partial charge in [0.25, 0.3) is 0 Å². The average Bonchev–Trinajstić information content (AvgIpc) is 2.25. The monoisotopic (exact) mass is 283 g/mol. The Labute approximate surface area is 118 Å². The zero-order valence-electron chi connectivity index (χ0n) is 12.4. The van der Waals surface area contributed by atoms with E-state index in [1.54, 1.807) is 6.20 Å². The second-order valence-electron chi connectivity index (χ2n) is 5.65. The Hall–Kier alpha value is -1.85. The van der Waals surface area contributed by atoms with Crippen molar-refractivity contribution in [2.24, 2.45) is 0 Å². The molecule has 2 N–H and O–H groups in total. The topological polar surface area (TPSA) is 63.2 Å². The summed E-state index contributed by atoms with van der Waals surface area (Å²) in [5.41, 5.74) is 0.115. The van der Waals surface area contributed by atoms with Gasteiger partial charge < -0.3 is 15.4 Å². The third-order valence-corrected chi connectivity index (χ3v) is 2.37. The lowest BCUT2D eigenvalue weighted by atomic mass is 10.2. The molecule has 20 heavy (non-hydrogen) atoms. The SMILES string of the molecule is C[C@@H](CCNc1cncc(F)c1)NC(=O)OC(C)(C)C. The fourth-order valence-electron chi connectivity index (χ4n) is 1.52. The van der Waals surface area contributed by atoms with Gasteiger partial charge in [0.15, 0.2) is 0 Å². The Morgan fingerprint density at radius 1 is 1.45 bits per heavy atom. The van der Waals surface area contributed by atoms with Gasteiger partial charge in [-0.2, -0.15) is 0 Å². The van der Waals surface area contributed by atoms with Crippen LogP contribution in [0.15, 0.2) is 18.5 Å². The van der Waals surface area contributed by atoms with E-state index < -0.39 is 11.7 Å². The number of carbonyl (C=O) groups is 1. The Kier molecular flexibility index (Phi) is 5.73. The normalized spacial score (nSPS) is 12.7. The van der Waals surface area contributed by atoms with Crippen molar-refractivity contribution in [1.82, 2.24) is 10.3 Å². The maximum atomic E-state index is 12.9. The molecule has 0 spiro atoms. The van der Waals surface area contributed by atoms with Crippen LogP contribution < -0.4 is 10.6 Å². The van der Waals surface area contributed by atoms with Gasteiger partial charge in [0.2, 0.25) is 0 Å². The molecule has 0 saturated heterocycles. The van der Waals surface area contributed by atoms with Crippen LogP contribution in [0.4, 0.5) is 14.9 Å². The summed E-state index contributed by atoms with van der Waals surface area (Å²) in [7, 11) is 0. The third-order valence-electron chi connectivity index (χ3n) is 2.37. The van der Waals surface area contributed by atoms with Gasteiger partial charge in [-0.05, 0) is 34.1 Å². The molecule has 1 aromatic rings. The van der Waals surface area contributed by atoms with Gasteiger partial charge in [-0.1, -0.05) is 0 Å². The van der Waals surface area contributed by atoms with Gasteiger partial charge in [0, 0.05) is 18.7 Å². The molecule has 0 bridgehead atoms. The molecule has 1 atom stereocenters. The summed E-state index contributed by atoms with van der Waals surface area (Å²) in [4.78, 5) is 15.3. The summed E-state index contributed by atoms with van der Waals surface area (Å²) in [5, 5.41) is 5.79. The highest BCUT2D eigenvalue weighted by atomic mass is 19.1. The second-order valence-corrected chi connectivity index (χ2v) is 5.65. The number of aromatic nitrogens is 1. The van der Waals surface area contributed by atoms with Gasteiger partial charge in [0.05, 0.1) is 18.1 Å². The number of amides is 1. The van der Waals surface area contributed by atoms with Gasteiger partial charge >= 0.3 is 6.09 Å². The van der Waals surface area contributed by atoms with Crippen molar-refractivity contribution in [1.29, 1.82) is 0 Å². The number of alkyl carbamates (subject to hydrolysis) is 1. The van der Waals surface area contributed by atoms with E-state index in [1.165, 1.54) is 6.07 Å². The van der Waals surface area contributed by atoms with Crippen LogP contribution in [0.3, 0.4) is 0 Å². The fourth-order valence-corrected chi connectivity index (χ4v) is 1.52. The first-order valence-electron chi connectivity index (χ1n) is 6.60. The number of carbonyl (C=O) groups excluding carboxylic acids is 1. The number of nitrogens with zero attached hydrogens (tertiary/aromatic N) is 1. The predicted octanol–water partition coefficient (Wildman–Crippen LogP) is 2.94. The third kappa shape index (κ3) is 6.92. The molecule has 0 radical (unpaired) electrons. The van der Waals surface area contributed by atoms with Crippen molar-refractivity contribution in [3.63, 3.8) is 0 Å². The Balaban J connectivity index is 2.26. The van der Waals surface area contributed by atoms with Crippen LogP contribution in [0.1, 0.15) is 34.1 Å². The van der Waals surface area contributed by atoms with Crippen molar-refractivity contribution in [2.75, 3.05) is 11.9 Å². The molecule has 0 aliphatic heterocycles. The number of halogens is 1. The van der Waals surface area contributed by atoms with Crippen molar-refractivity contribution in [3.8, 4) is 0 Å². The van der Waals surface area contributed by atoms with Crippen LogP contribution in [-0.4, -0.2) is 29.3 Å². The lowest BCUT2D eigenvalue weighted by Gasteiger charge is -2.22. The minimum absolute atomic E-state index is 0.0427. The molecule has 1 aromatic heterocycles.